The molecule has 4 N–H and O–H groups in total. The lowest BCUT2D eigenvalue weighted by Gasteiger charge is -2.09. The number of nitrogens with one attached hydrogen (secondary N) is 1. The van der Waals surface area contributed by atoms with Gasteiger partial charge in [0, 0.05) is 17.8 Å². The van der Waals surface area contributed by atoms with E-state index in [4.69, 9.17) is 5.73 Å². The van der Waals surface area contributed by atoms with Crippen LogP contribution in [-0.4, -0.2) is 11.0 Å². The van der Waals surface area contributed by atoms with E-state index in [9.17, 15) is 9.90 Å². The van der Waals surface area contributed by atoms with Crippen molar-refractivity contribution in [1.29, 1.82) is 0 Å². The fraction of sp³-hybridized carbons (Fsp3) is 0.188. The van der Waals surface area contributed by atoms with Crippen LogP contribution in [0.15, 0.2) is 42.5 Å². The Balaban J connectivity index is 1.92. The minimum Gasteiger partial charge on any atom is -0.508 e. The topological polar surface area (TPSA) is 75.3 Å². The maximum atomic E-state index is 11.9. The van der Waals surface area contributed by atoms with Gasteiger partial charge in [-0.15, -0.1) is 0 Å². The monoisotopic (exact) mass is 270 g/mol. The number of benzene rings is 2. The molecular formula is C16H18N2O2. The highest BCUT2D eigenvalue weighted by Crippen LogP contribution is 2.20. The van der Waals surface area contributed by atoms with Crippen molar-refractivity contribution in [2.75, 3.05) is 11.1 Å². The summed E-state index contributed by atoms with van der Waals surface area (Å²) in [5, 5.41) is 12.2. The number of aryl methyl sites for hydroxylation is 2. The first-order valence-corrected chi connectivity index (χ1v) is 6.48. The van der Waals surface area contributed by atoms with Crippen LogP contribution in [0.25, 0.3) is 0 Å². The molecule has 4 heteroatoms. The second-order valence-electron chi connectivity index (χ2n) is 4.79. The first-order valence-electron chi connectivity index (χ1n) is 6.48. The zero-order valence-electron chi connectivity index (χ0n) is 11.4. The summed E-state index contributed by atoms with van der Waals surface area (Å²) in [6, 6.07) is 12.4. The highest BCUT2D eigenvalue weighted by atomic mass is 16.3. The number of phenolic OH excluding ortho intramolecular Hbond substituents is 1. The van der Waals surface area contributed by atoms with Crippen LogP contribution < -0.4 is 11.1 Å². The number of anilines is 2. The molecule has 2 aromatic rings. The van der Waals surface area contributed by atoms with Gasteiger partial charge in [-0.05, 0) is 54.8 Å². The van der Waals surface area contributed by atoms with Crippen LogP contribution in [-0.2, 0) is 11.2 Å². The summed E-state index contributed by atoms with van der Waals surface area (Å²) in [5.74, 6) is 0.140. The van der Waals surface area contributed by atoms with E-state index in [-0.39, 0.29) is 11.7 Å². The molecule has 0 bridgehead atoms. The number of aromatic hydroxyl groups is 1. The first kappa shape index (κ1) is 13.9. The second kappa shape index (κ2) is 6.10. The molecule has 0 aromatic heterocycles. The number of amides is 1. The molecule has 0 unspecified atom stereocenters. The first-order chi connectivity index (χ1) is 9.54. The third kappa shape index (κ3) is 3.75. The van der Waals surface area contributed by atoms with Crippen molar-refractivity contribution in [3.05, 3.63) is 53.6 Å². The van der Waals surface area contributed by atoms with Crippen molar-refractivity contribution >= 4 is 17.3 Å². The van der Waals surface area contributed by atoms with Gasteiger partial charge in [-0.3, -0.25) is 4.79 Å². The van der Waals surface area contributed by atoms with Gasteiger partial charge in [-0.2, -0.15) is 0 Å². The van der Waals surface area contributed by atoms with Crippen molar-refractivity contribution in [2.45, 2.75) is 19.8 Å². The van der Waals surface area contributed by atoms with E-state index >= 15 is 0 Å². The molecule has 0 saturated heterocycles. The number of phenols is 1. The van der Waals surface area contributed by atoms with E-state index in [0.717, 1.165) is 16.8 Å². The van der Waals surface area contributed by atoms with E-state index in [1.54, 1.807) is 18.2 Å². The molecule has 20 heavy (non-hydrogen) atoms. The number of hydrogen-bond donors (Lipinski definition) is 3. The lowest BCUT2D eigenvalue weighted by atomic mass is 10.1. The lowest BCUT2D eigenvalue weighted by Crippen LogP contribution is -2.13. The molecule has 2 rings (SSSR count). The van der Waals surface area contributed by atoms with Gasteiger partial charge in [0.2, 0.25) is 5.91 Å². The van der Waals surface area contributed by atoms with Crippen LogP contribution in [0.2, 0.25) is 0 Å². The Morgan fingerprint density at radius 3 is 2.75 bits per heavy atom. The average Bonchev–Trinajstić information content (AvgIpc) is 2.40. The number of hydrogen-bond acceptors (Lipinski definition) is 3. The van der Waals surface area contributed by atoms with Gasteiger partial charge in [-0.1, -0.05) is 12.1 Å². The molecular weight excluding hydrogens is 252 g/mol. The van der Waals surface area contributed by atoms with Crippen LogP contribution in [0.1, 0.15) is 17.5 Å². The van der Waals surface area contributed by atoms with E-state index < -0.39 is 0 Å². The largest absolute Gasteiger partial charge is 0.508 e. The molecule has 0 atom stereocenters. The third-order valence-electron chi connectivity index (χ3n) is 3.08. The molecule has 1 amide bonds. The summed E-state index contributed by atoms with van der Waals surface area (Å²) in [5.41, 5.74) is 9.01. The summed E-state index contributed by atoms with van der Waals surface area (Å²) >= 11 is 0. The molecule has 0 fully saturated rings. The molecule has 0 radical (unpaired) electrons. The van der Waals surface area contributed by atoms with Crippen LogP contribution >= 0.6 is 0 Å². The smallest absolute Gasteiger partial charge is 0.224 e. The normalized spacial score (nSPS) is 10.2. The fourth-order valence-electron chi connectivity index (χ4n) is 2.01. The molecule has 0 aliphatic heterocycles. The third-order valence-corrected chi connectivity index (χ3v) is 3.08. The van der Waals surface area contributed by atoms with Crippen LogP contribution in [0.3, 0.4) is 0 Å². The number of nitrogen functional groups attached to an aromatic ring is 1. The van der Waals surface area contributed by atoms with Crippen molar-refractivity contribution in [3.63, 3.8) is 0 Å². The van der Waals surface area contributed by atoms with E-state index in [1.807, 2.05) is 31.2 Å². The summed E-state index contributed by atoms with van der Waals surface area (Å²) in [6.07, 6.45) is 1.04. The minimum atomic E-state index is -0.0544. The van der Waals surface area contributed by atoms with Crippen molar-refractivity contribution < 1.29 is 9.90 Å². The molecule has 4 nitrogen and oxygen atoms in total. The zero-order chi connectivity index (χ0) is 14.5. The Labute approximate surface area is 118 Å². The van der Waals surface area contributed by atoms with Gasteiger partial charge in [0.05, 0.1) is 0 Å². The molecule has 0 saturated carbocycles. The van der Waals surface area contributed by atoms with Gasteiger partial charge in [-0.25, -0.2) is 0 Å². The summed E-state index contributed by atoms with van der Waals surface area (Å²) in [6.45, 7) is 1.84. The lowest BCUT2D eigenvalue weighted by molar-refractivity contribution is -0.116. The highest BCUT2D eigenvalue weighted by Gasteiger charge is 2.06. The number of rotatable bonds is 4. The molecule has 104 valence electrons. The Morgan fingerprint density at radius 2 is 2.05 bits per heavy atom. The van der Waals surface area contributed by atoms with Crippen LogP contribution in [0.4, 0.5) is 11.4 Å². The molecule has 0 spiro atoms. The van der Waals surface area contributed by atoms with Crippen molar-refractivity contribution in [2.24, 2.45) is 0 Å². The average molecular weight is 270 g/mol. The zero-order valence-corrected chi connectivity index (χ0v) is 11.4. The Bertz CT molecular complexity index is 624. The van der Waals surface area contributed by atoms with Gasteiger partial charge in [0.15, 0.2) is 0 Å². The fourth-order valence-corrected chi connectivity index (χ4v) is 2.01. The van der Waals surface area contributed by atoms with Gasteiger partial charge < -0.3 is 16.2 Å². The predicted molar refractivity (Wildman–Crippen MR) is 80.6 cm³/mol. The van der Waals surface area contributed by atoms with E-state index in [1.165, 1.54) is 0 Å². The van der Waals surface area contributed by atoms with Crippen molar-refractivity contribution in [1.82, 2.24) is 0 Å². The van der Waals surface area contributed by atoms with Gasteiger partial charge >= 0.3 is 0 Å². The van der Waals surface area contributed by atoms with Gasteiger partial charge in [0.1, 0.15) is 5.75 Å². The number of carbonyl (C=O) groups excluding carboxylic acids is 1. The Hall–Kier alpha value is -2.49. The summed E-state index contributed by atoms with van der Waals surface area (Å²) in [7, 11) is 0. The highest BCUT2D eigenvalue weighted by molar-refractivity contribution is 5.91. The predicted octanol–water partition coefficient (Wildman–Crippen LogP) is 2.85. The van der Waals surface area contributed by atoms with E-state index in [2.05, 4.69) is 5.32 Å². The molecule has 0 aliphatic rings. The molecule has 0 aliphatic carbocycles. The van der Waals surface area contributed by atoms with Crippen LogP contribution in [0, 0.1) is 6.92 Å². The summed E-state index contributed by atoms with van der Waals surface area (Å²) < 4.78 is 0. The molecule has 0 heterocycles. The summed E-state index contributed by atoms with van der Waals surface area (Å²) in [4.78, 5) is 11.9. The van der Waals surface area contributed by atoms with E-state index in [0.29, 0.717) is 18.5 Å². The SMILES string of the molecule is Cc1cc(O)ccc1NC(=O)CCc1cccc(N)c1. The second-order valence-corrected chi connectivity index (χ2v) is 4.79. The standard InChI is InChI=1S/C16H18N2O2/c1-11-9-14(19)6-7-15(11)18-16(20)8-5-12-3-2-4-13(17)10-12/h2-4,6-7,9-10,19H,5,8,17H2,1H3,(H,18,20). The van der Waals surface area contributed by atoms with Gasteiger partial charge in [0.25, 0.3) is 0 Å². The van der Waals surface area contributed by atoms with Crippen LogP contribution in [0.5, 0.6) is 5.75 Å². The number of nitrogens with two attached hydrogens (primary N) is 1. The number of carbonyl (C=O) groups is 1. The quantitative estimate of drug-likeness (QED) is 0.590. The molecule has 2 aromatic carbocycles. The minimum absolute atomic E-state index is 0.0544. The maximum absolute atomic E-state index is 11.9. The Morgan fingerprint density at radius 1 is 1.25 bits per heavy atom. The Kier molecular flexibility index (Phi) is 4.25. The maximum Gasteiger partial charge on any atom is 0.224 e. The van der Waals surface area contributed by atoms with Crippen molar-refractivity contribution in [3.8, 4) is 5.75 Å².